The van der Waals surface area contributed by atoms with E-state index in [-0.39, 0.29) is 21.7 Å². The predicted octanol–water partition coefficient (Wildman–Crippen LogP) is 3.52. The quantitative estimate of drug-likeness (QED) is 0.474. The van der Waals surface area contributed by atoms with Crippen molar-refractivity contribution in [3.63, 3.8) is 0 Å². The summed E-state index contributed by atoms with van der Waals surface area (Å²) in [5, 5.41) is 0. The van der Waals surface area contributed by atoms with Gasteiger partial charge in [-0.15, -0.1) is 6.58 Å². The first kappa shape index (κ1) is 14.0. The molecule has 1 aromatic rings. The van der Waals surface area contributed by atoms with Crippen molar-refractivity contribution in [1.82, 2.24) is 0 Å². The molecule has 0 N–H and O–H groups in total. The first-order chi connectivity index (χ1) is 5.35. The van der Waals surface area contributed by atoms with E-state index in [9.17, 15) is 0 Å². The Hall–Kier alpha value is -0.586. The smallest absolute Gasteiger partial charge is 0 e. The molecule has 0 saturated heterocycles. The van der Waals surface area contributed by atoms with Crippen LogP contribution in [-0.2, 0) is 21.7 Å². The third-order valence-corrected chi connectivity index (χ3v) is 1.04. The van der Waals surface area contributed by atoms with E-state index >= 15 is 0 Å². The van der Waals surface area contributed by atoms with E-state index in [1.54, 1.807) is 6.08 Å². The van der Waals surface area contributed by atoms with Crippen molar-refractivity contribution < 1.29 is 21.7 Å². The van der Waals surface area contributed by atoms with Gasteiger partial charge in [0.25, 0.3) is 0 Å². The summed E-state index contributed by atoms with van der Waals surface area (Å²) in [7, 11) is 0. The largest absolute Gasteiger partial charge is 0.103 e. The predicted molar refractivity (Wildman–Crippen MR) is 52.4 cm³/mol. The molecule has 0 aliphatic carbocycles. The number of hydrogen-bond acceptors (Lipinski definition) is 0. The van der Waals surface area contributed by atoms with E-state index < -0.39 is 0 Å². The van der Waals surface area contributed by atoms with E-state index in [4.69, 9.17) is 0 Å². The van der Waals surface area contributed by atoms with Crippen LogP contribution in [0.4, 0.5) is 0 Å². The Labute approximate surface area is 89.9 Å². The van der Waals surface area contributed by atoms with Gasteiger partial charge < -0.3 is 0 Å². The zero-order valence-corrected chi connectivity index (χ0v) is 9.02. The number of hydrogen-bond donors (Lipinski definition) is 0. The minimum atomic E-state index is 0. The molecule has 0 aliphatic rings. The molecule has 62 valence electrons. The maximum Gasteiger partial charge on any atom is 0 e. The Kier molecular flexibility index (Phi) is 12.1. The second-order valence-electron chi connectivity index (χ2n) is 2.02. The van der Waals surface area contributed by atoms with Crippen molar-refractivity contribution in [2.24, 2.45) is 0 Å². The second-order valence-corrected chi connectivity index (χ2v) is 2.02. The van der Waals surface area contributed by atoms with Crippen molar-refractivity contribution in [2.45, 2.75) is 6.92 Å². The molecule has 0 fully saturated rings. The number of allylic oxidation sites excluding steroid dienone is 1. The Balaban J connectivity index is 0. The molecular weight excluding hydrogens is 180 g/mol. The van der Waals surface area contributed by atoms with E-state index in [0.29, 0.717) is 0 Å². The van der Waals surface area contributed by atoms with Gasteiger partial charge in [-0.05, 0) is 12.5 Å². The maximum absolute atomic E-state index is 3.63. The van der Waals surface area contributed by atoms with Crippen LogP contribution in [0, 0.1) is 0 Å². The molecule has 0 saturated carbocycles. The molecule has 12 heavy (non-hydrogen) atoms. The van der Waals surface area contributed by atoms with Crippen LogP contribution in [0.25, 0.3) is 6.08 Å². The molecule has 1 aromatic carbocycles. The molecule has 0 aromatic heterocycles. The maximum atomic E-state index is 3.63. The van der Waals surface area contributed by atoms with Gasteiger partial charge in [-0.25, -0.2) is 0 Å². The molecule has 0 aliphatic heterocycles. The Morgan fingerprint density at radius 3 is 1.75 bits per heavy atom. The Bertz CT molecular complexity index is 202. The molecule has 0 heterocycles. The fourth-order valence-electron chi connectivity index (χ4n) is 0.589. The molecule has 0 unspecified atom stereocenters. The average Bonchev–Trinajstić information content (AvgIpc) is 2.08. The molecular formula is C11H14Ti. The molecule has 1 heteroatoms. The van der Waals surface area contributed by atoms with Crippen molar-refractivity contribution in [1.29, 1.82) is 0 Å². The Morgan fingerprint density at radius 2 is 1.50 bits per heavy atom. The number of benzene rings is 1. The topological polar surface area (TPSA) is 0 Å². The van der Waals surface area contributed by atoms with Gasteiger partial charge in [-0.1, -0.05) is 49.1 Å². The van der Waals surface area contributed by atoms with Gasteiger partial charge in [-0.2, -0.15) is 0 Å². The first-order valence-corrected chi connectivity index (χ1v) is 3.59. The molecule has 0 atom stereocenters. The minimum Gasteiger partial charge on any atom is -0.103 e. The van der Waals surface area contributed by atoms with E-state index in [1.165, 1.54) is 5.56 Å². The fraction of sp³-hybridized carbons (Fsp3) is 0.0909. The van der Waals surface area contributed by atoms with Crippen LogP contribution in [0.5, 0.6) is 0 Å². The van der Waals surface area contributed by atoms with Crippen LogP contribution in [0.15, 0.2) is 49.6 Å². The summed E-state index contributed by atoms with van der Waals surface area (Å²) < 4.78 is 0. The van der Waals surface area contributed by atoms with Crippen LogP contribution in [0.2, 0.25) is 0 Å². The van der Waals surface area contributed by atoms with Crippen molar-refractivity contribution in [3.8, 4) is 0 Å². The van der Waals surface area contributed by atoms with Crippen LogP contribution in [0.3, 0.4) is 0 Å². The SMILES string of the molecule is C=CC.C=Cc1ccccc1.[Ti]. The van der Waals surface area contributed by atoms with E-state index in [2.05, 4.69) is 13.2 Å². The number of rotatable bonds is 1. The normalized spacial score (nSPS) is 6.75. The summed E-state index contributed by atoms with van der Waals surface area (Å²) in [6, 6.07) is 10.0. The summed E-state index contributed by atoms with van der Waals surface area (Å²) >= 11 is 0. The summed E-state index contributed by atoms with van der Waals surface area (Å²) in [4.78, 5) is 0. The van der Waals surface area contributed by atoms with Gasteiger partial charge in [0.15, 0.2) is 0 Å². The monoisotopic (exact) mass is 194 g/mol. The summed E-state index contributed by atoms with van der Waals surface area (Å²) in [5.74, 6) is 0. The average molecular weight is 194 g/mol. The van der Waals surface area contributed by atoms with E-state index in [0.717, 1.165) is 0 Å². The second kappa shape index (κ2) is 10.4. The third-order valence-electron chi connectivity index (χ3n) is 1.04. The van der Waals surface area contributed by atoms with Crippen LogP contribution in [0.1, 0.15) is 12.5 Å². The molecule has 1 rings (SSSR count). The molecule has 0 spiro atoms. The van der Waals surface area contributed by atoms with Gasteiger partial charge in [0.05, 0.1) is 0 Å². The van der Waals surface area contributed by atoms with Gasteiger partial charge in [0.1, 0.15) is 0 Å². The van der Waals surface area contributed by atoms with Gasteiger partial charge in [0.2, 0.25) is 0 Å². The summed E-state index contributed by atoms with van der Waals surface area (Å²) in [6.07, 6.45) is 3.58. The first-order valence-electron chi connectivity index (χ1n) is 3.59. The van der Waals surface area contributed by atoms with Gasteiger partial charge >= 0.3 is 0 Å². The third kappa shape index (κ3) is 7.52. The molecule has 0 bridgehead atoms. The fourth-order valence-corrected chi connectivity index (χ4v) is 0.589. The summed E-state index contributed by atoms with van der Waals surface area (Å²) in [6.45, 7) is 8.88. The van der Waals surface area contributed by atoms with Crippen molar-refractivity contribution >= 4 is 6.08 Å². The molecule has 0 amide bonds. The zero-order chi connectivity index (χ0) is 8.53. The summed E-state index contributed by atoms with van der Waals surface area (Å²) in [5.41, 5.74) is 1.17. The minimum absolute atomic E-state index is 0. The van der Waals surface area contributed by atoms with Crippen molar-refractivity contribution in [2.75, 3.05) is 0 Å². The van der Waals surface area contributed by atoms with E-state index in [1.807, 2.05) is 43.3 Å². The Morgan fingerprint density at radius 1 is 1.08 bits per heavy atom. The van der Waals surface area contributed by atoms with Crippen LogP contribution >= 0.6 is 0 Å². The van der Waals surface area contributed by atoms with Crippen LogP contribution in [-0.4, -0.2) is 0 Å². The zero-order valence-electron chi connectivity index (χ0n) is 7.46. The van der Waals surface area contributed by atoms with Gasteiger partial charge in [0, 0.05) is 21.7 Å². The van der Waals surface area contributed by atoms with Gasteiger partial charge in [-0.3, -0.25) is 0 Å². The molecule has 0 radical (unpaired) electrons. The van der Waals surface area contributed by atoms with Crippen molar-refractivity contribution in [3.05, 3.63) is 55.1 Å². The van der Waals surface area contributed by atoms with Crippen LogP contribution < -0.4 is 0 Å². The standard InChI is InChI=1S/C8H8.C3H6.Ti/c1-2-8-6-4-3-5-7-8;1-3-2;/h2-7H,1H2;3H,1H2,2H3;. The molecule has 0 nitrogen and oxygen atoms in total.